The Morgan fingerprint density at radius 3 is 1.61 bits per heavy atom. The van der Waals surface area contributed by atoms with Crippen molar-refractivity contribution in [2.24, 2.45) is 0 Å². The van der Waals surface area contributed by atoms with Crippen molar-refractivity contribution < 1.29 is 8.83 Å². The lowest BCUT2D eigenvalue weighted by Gasteiger charge is -2.34. The first-order chi connectivity index (χ1) is 34.2. The van der Waals surface area contributed by atoms with Crippen molar-refractivity contribution in [2.45, 2.75) is 5.41 Å². The molecule has 0 saturated carbocycles. The highest BCUT2D eigenvalue weighted by Gasteiger charge is 2.46. The van der Waals surface area contributed by atoms with Crippen molar-refractivity contribution in [3.05, 3.63) is 259 Å². The normalized spacial score (nSPS) is 12.8. The van der Waals surface area contributed by atoms with Gasteiger partial charge in [-0.2, -0.15) is 0 Å². The zero-order chi connectivity index (χ0) is 45.5. The SMILES string of the molecule is c1ccc(-c2cccc(-c3nc(-c4ccc5c(c4)oc4ccccc45)nc(-c4cccc5oc6ccc(-c7ccc8c(c7)C(c7ccccc7)(c7ccccc7)c7ccccc7-8)cc6c45)n3)c2)cc1. The van der Waals surface area contributed by atoms with E-state index in [1.165, 1.54) is 33.4 Å². The molecule has 14 rings (SSSR count). The van der Waals surface area contributed by atoms with Crippen LogP contribution >= 0.6 is 0 Å². The summed E-state index contributed by atoms with van der Waals surface area (Å²) < 4.78 is 13.0. The van der Waals surface area contributed by atoms with E-state index in [0.717, 1.165) is 82.8 Å². The monoisotopic (exact) mass is 881 g/mol. The smallest absolute Gasteiger partial charge is 0.164 e. The van der Waals surface area contributed by atoms with Crippen LogP contribution in [0.5, 0.6) is 0 Å². The standard InChI is InChI=1S/C64H39N3O2/c1-4-16-40(17-5-1)41-18-14-19-44(36-41)61-65-62(45-31-34-51-50-25-11-13-28-56(50)69-59(51)39-45)67-63(66-61)52-26-15-29-58-60(52)53-37-42(32-35-57(53)68-58)43-30-33-49-48-24-10-12-27-54(48)64(55(49)38-43,46-20-6-2-7-21-46)47-22-8-3-9-23-47/h1-39H. The molecule has 3 aromatic heterocycles. The lowest BCUT2D eigenvalue weighted by molar-refractivity contribution is 0.668. The molecule has 5 nitrogen and oxygen atoms in total. The highest BCUT2D eigenvalue weighted by Crippen LogP contribution is 2.57. The number of hydrogen-bond donors (Lipinski definition) is 0. The molecule has 69 heavy (non-hydrogen) atoms. The summed E-state index contributed by atoms with van der Waals surface area (Å²) in [5, 5.41) is 4.05. The highest BCUT2D eigenvalue weighted by molar-refractivity contribution is 6.13. The molecule has 0 atom stereocenters. The molecule has 1 aliphatic rings. The Morgan fingerprint density at radius 1 is 0.275 bits per heavy atom. The summed E-state index contributed by atoms with van der Waals surface area (Å²) in [4.78, 5) is 15.8. The van der Waals surface area contributed by atoms with Crippen molar-refractivity contribution in [2.75, 3.05) is 0 Å². The Hall–Kier alpha value is -9.19. The van der Waals surface area contributed by atoms with Gasteiger partial charge in [0.25, 0.3) is 0 Å². The molecular weight excluding hydrogens is 843 g/mol. The second-order valence-corrected chi connectivity index (χ2v) is 17.8. The molecule has 10 aromatic carbocycles. The van der Waals surface area contributed by atoms with Gasteiger partial charge in [-0.05, 0) is 104 Å². The molecule has 0 saturated heterocycles. The number of aromatic nitrogens is 3. The first-order valence-electron chi connectivity index (χ1n) is 23.3. The van der Waals surface area contributed by atoms with Crippen LogP contribution in [0.25, 0.3) is 111 Å². The summed E-state index contributed by atoms with van der Waals surface area (Å²) in [6.45, 7) is 0. The van der Waals surface area contributed by atoms with Crippen molar-refractivity contribution in [3.63, 3.8) is 0 Å². The molecule has 0 spiro atoms. The van der Waals surface area contributed by atoms with E-state index in [4.69, 9.17) is 23.8 Å². The predicted molar refractivity (Wildman–Crippen MR) is 279 cm³/mol. The molecule has 3 heterocycles. The molecule has 5 heteroatoms. The van der Waals surface area contributed by atoms with Crippen LogP contribution in [0.3, 0.4) is 0 Å². The summed E-state index contributed by atoms with van der Waals surface area (Å²) in [5.41, 5.74) is 17.2. The molecule has 322 valence electrons. The lowest BCUT2D eigenvalue weighted by Crippen LogP contribution is -2.28. The van der Waals surface area contributed by atoms with E-state index in [0.29, 0.717) is 17.5 Å². The molecule has 0 radical (unpaired) electrons. The summed E-state index contributed by atoms with van der Waals surface area (Å²) in [6.07, 6.45) is 0. The average Bonchev–Trinajstić information content (AvgIpc) is 4.09. The Balaban J connectivity index is 0.954. The Kier molecular flexibility index (Phi) is 8.73. The quantitative estimate of drug-likeness (QED) is 0.160. The largest absolute Gasteiger partial charge is 0.456 e. The zero-order valence-corrected chi connectivity index (χ0v) is 37.2. The highest BCUT2D eigenvalue weighted by atomic mass is 16.3. The van der Waals surface area contributed by atoms with Crippen molar-refractivity contribution in [1.29, 1.82) is 0 Å². The summed E-state index contributed by atoms with van der Waals surface area (Å²) >= 11 is 0. The van der Waals surface area contributed by atoms with Gasteiger partial charge in [0.05, 0.1) is 5.41 Å². The van der Waals surface area contributed by atoms with Gasteiger partial charge in [0.1, 0.15) is 22.3 Å². The number of hydrogen-bond acceptors (Lipinski definition) is 5. The van der Waals surface area contributed by atoms with Crippen LogP contribution in [0.2, 0.25) is 0 Å². The Bertz CT molecular complexity index is 4100. The predicted octanol–water partition coefficient (Wildman–Crippen LogP) is 16.4. The van der Waals surface area contributed by atoms with Gasteiger partial charge in [0.15, 0.2) is 17.5 Å². The van der Waals surface area contributed by atoms with E-state index in [1.807, 2.05) is 42.5 Å². The van der Waals surface area contributed by atoms with Gasteiger partial charge >= 0.3 is 0 Å². The lowest BCUT2D eigenvalue weighted by atomic mass is 9.67. The number of para-hydroxylation sites is 1. The fourth-order valence-electron chi connectivity index (χ4n) is 10.9. The van der Waals surface area contributed by atoms with Crippen LogP contribution in [0.15, 0.2) is 245 Å². The fourth-order valence-corrected chi connectivity index (χ4v) is 10.9. The number of furan rings is 2. The summed E-state index contributed by atoms with van der Waals surface area (Å²) in [7, 11) is 0. The zero-order valence-electron chi connectivity index (χ0n) is 37.2. The minimum absolute atomic E-state index is 0.506. The van der Waals surface area contributed by atoms with Gasteiger partial charge in [0.2, 0.25) is 0 Å². The third kappa shape index (κ3) is 6.14. The number of benzene rings is 10. The number of nitrogens with zero attached hydrogens (tertiary/aromatic N) is 3. The van der Waals surface area contributed by atoms with Crippen LogP contribution in [0.1, 0.15) is 22.3 Å². The molecule has 0 aliphatic heterocycles. The van der Waals surface area contributed by atoms with E-state index >= 15 is 0 Å². The van der Waals surface area contributed by atoms with Gasteiger partial charge in [-0.1, -0.05) is 188 Å². The Morgan fingerprint density at radius 2 is 0.797 bits per heavy atom. The second kappa shape index (κ2) is 15.4. The molecule has 0 N–H and O–H groups in total. The first-order valence-corrected chi connectivity index (χ1v) is 23.3. The maximum absolute atomic E-state index is 6.66. The van der Waals surface area contributed by atoms with Crippen LogP contribution in [-0.2, 0) is 5.41 Å². The van der Waals surface area contributed by atoms with E-state index in [9.17, 15) is 0 Å². The molecule has 0 amide bonds. The molecular formula is C64H39N3O2. The third-order valence-electron chi connectivity index (χ3n) is 14.0. The summed E-state index contributed by atoms with van der Waals surface area (Å²) in [5.74, 6) is 1.67. The minimum atomic E-state index is -0.506. The van der Waals surface area contributed by atoms with Crippen LogP contribution in [0.4, 0.5) is 0 Å². The van der Waals surface area contributed by atoms with E-state index in [2.05, 4.69) is 194 Å². The van der Waals surface area contributed by atoms with Gasteiger partial charge < -0.3 is 8.83 Å². The topological polar surface area (TPSA) is 65.0 Å². The second-order valence-electron chi connectivity index (χ2n) is 17.8. The molecule has 0 unspecified atom stereocenters. The van der Waals surface area contributed by atoms with Crippen molar-refractivity contribution >= 4 is 43.9 Å². The van der Waals surface area contributed by atoms with Crippen LogP contribution < -0.4 is 0 Å². The van der Waals surface area contributed by atoms with Crippen molar-refractivity contribution in [3.8, 4) is 67.5 Å². The molecule has 13 aromatic rings. The van der Waals surface area contributed by atoms with E-state index in [-0.39, 0.29) is 0 Å². The molecule has 1 aliphatic carbocycles. The number of rotatable bonds is 7. The number of fused-ring (bicyclic) bond motifs is 9. The van der Waals surface area contributed by atoms with Crippen LogP contribution in [0, 0.1) is 0 Å². The van der Waals surface area contributed by atoms with E-state index in [1.54, 1.807) is 0 Å². The van der Waals surface area contributed by atoms with E-state index < -0.39 is 5.41 Å². The van der Waals surface area contributed by atoms with Gasteiger partial charge in [-0.15, -0.1) is 0 Å². The molecule has 0 fully saturated rings. The van der Waals surface area contributed by atoms with Gasteiger partial charge in [-0.25, -0.2) is 15.0 Å². The summed E-state index contributed by atoms with van der Waals surface area (Å²) in [6, 6.07) is 83.6. The Labute approximate surface area is 397 Å². The first kappa shape index (κ1) is 39.0. The third-order valence-corrected chi connectivity index (χ3v) is 14.0. The van der Waals surface area contributed by atoms with Crippen LogP contribution in [-0.4, -0.2) is 15.0 Å². The molecule has 0 bridgehead atoms. The maximum Gasteiger partial charge on any atom is 0.164 e. The van der Waals surface area contributed by atoms with Gasteiger partial charge in [-0.3, -0.25) is 0 Å². The van der Waals surface area contributed by atoms with Gasteiger partial charge in [0, 0.05) is 38.2 Å². The van der Waals surface area contributed by atoms with Crippen molar-refractivity contribution in [1.82, 2.24) is 15.0 Å². The fraction of sp³-hybridized carbons (Fsp3) is 0.0156. The average molecular weight is 882 g/mol. The minimum Gasteiger partial charge on any atom is -0.456 e. The maximum atomic E-state index is 6.66.